The van der Waals surface area contributed by atoms with Crippen LogP contribution in [-0.4, -0.2) is 51.1 Å². The zero-order valence-electron chi connectivity index (χ0n) is 12.5. The number of nitrogens with one attached hydrogen (secondary N) is 1. The molecule has 1 aliphatic heterocycles. The van der Waals surface area contributed by atoms with Gasteiger partial charge in [-0.1, -0.05) is 0 Å². The third kappa shape index (κ3) is 3.45. The number of benzene rings is 1. The van der Waals surface area contributed by atoms with Gasteiger partial charge in [0.05, 0.1) is 14.2 Å². The van der Waals surface area contributed by atoms with Gasteiger partial charge < -0.3 is 19.7 Å². The van der Waals surface area contributed by atoms with E-state index >= 15 is 0 Å². The molecule has 0 saturated carbocycles. The third-order valence-electron chi connectivity index (χ3n) is 3.62. The van der Waals surface area contributed by atoms with Crippen molar-refractivity contribution in [1.82, 2.24) is 10.2 Å². The SMILES string of the molecule is COc1ccc(C(=O)NCC2CC(=O)N(C)C2)cc1OC. The molecule has 0 spiro atoms. The van der Waals surface area contributed by atoms with Gasteiger partial charge in [-0.25, -0.2) is 0 Å². The van der Waals surface area contributed by atoms with Crippen molar-refractivity contribution in [3.8, 4) is 11.5 Å². The molecule has 1 aromatic rings. The number of carbonyl (C=O) groups is 2. The quantitative estimate of drug-likeness (QED) is 0.876. The molecule has 2 amide bonds. The lowest BCUT2D eigenvalue weighted by atomic mass is 10.1. The number of methoxy groups -OCH3 is 2. The molecule has 1 saturated heterocycles. The van der Waals surface area contributed by atoms with Gasteiger partial charge in [-0.3, -0.25) is 9.59 Å². The summed E-state index contributed by atoms with van der Waals surface area (Å²) in [4.78, 5) is 25.2. The number of carbonyl (C=O) groups excluding carboxylic acids is 2. The van der Waals surface area contributed by atoms with Gasteiger partial charge in [-0.05, 0) is 18.2 Å². The van der Waals surface area contributed by atoms with Gasteiger partial charge in [0.15, 0.2) is 11.5 Å². The number of rotatable bonds is 5. The van der Waals surface area contributed by atoms with Gasteiger partial charge in [0.2, 0.25) is 5.91 Å². The first-order valence-electron chi connectivity index (χ1n) is 6.79. The number of ether oxygens (including phenoxy) is 2. The molecule has 2 rings (SSSR count). The van der Waals surface area contributed by atoms with Crippen molar-refractivity contribution in [2.24, 2.45) is 5.92 Å². The summed E-state index contributed by atoms with van der Waals surface area (Å²) in [6.45, 7) is 1.17. The summed E-state index contributed by atoms with van der Waals surface area (Å²) in [6.07, 6.45) is 0.489. The predicted molar refractivity (Wildman–Crippen MR) is 77.6 cm³/mol. The van der Waals surface area contributed by atoms with E-state index in [0.29, 0.717) is 36.6 Å². The minimum absolute atomic E-state index is 0.125. The molecule has 1 fully saturated rings. The molecule has 0 aliphatic carbocycles. The van der Waals surface area contributed by atoms with Crippen LogP contribution in [0, 0.1) is 5.92 Å². The van der Waals surface area contributed by atoms with Crippen molar-refractivity contribution in [1.29, 1.82) is 0 Å². The second-order valence-corrected chi connectivity index (χ2v) is 5.12. The smallest absolute Gasteiger partial charge is 0.251 e. The first kappa shape index (κ1) is 15.2. The first-order valence-corrected chi connectivity index (χ1v) is 6.79. The molecule has 21 heavy (non-hydrogen) atoms. The lowest BCUT2D eigenvalue weighted by Gasteiger charge is -2.12. The second kappa shape index (κ2) is 6.47. The molecule has 6 nitrogen and oxygen atoms in total. The molecule has 1 aliphatic rings. The third-order valence-corrected chi connectivity index (χ3v) is 3.62. The molecule has 0 aromatic heterocycles. The summed E-state index contributed by atoms with van der Waals surface area (Å²) >= 11 is 0. The highest BCUT2D eigenvalue weighted by Gasteiger charge is 2.26. The topological polar surface area (TPSA) is 67.9 Å². The molecule has 0 bridgehead atoms. The lowest BCUT2D eigenvalue weighted by molar-refractivity contribution is -0.126. The van der Waals surface area contributed by atoms with Crippen LogP contribution in [0.4, 0.5) is 0 Å². The van der Waals surface area contributed by atoms with Crippen molar-refractivity contribution in [2.45, 2.75) is 6.42 Å². The van der Waals surface area contributed by atoms with Crippen molar-refractivity contribution >= 4 is 11.8 Å². The summed E-state index contributed by atoms with van der Waals surface area (Å²) in [5.74, 6) is 1.21. The van der Waals surface area contributed by atoms with E-state index in [2.05, 4.69) is 5.32 Å². The van der Waals surface area contributed by atoms with Crippen LogP contribution < -0.4 is 14.8 Å². The summed E-state index contributed by atoms with van der Waals surface area (Å²) in [7, 11) is 4.85. The minimum atomic E-state index is -0.182. The molecule has 1 N–H and O–H groups in total. The number of likely N-dealkylation sites (tertiary alicyclic amines) is 1. The molecule has 1 unspecified atom stereocenters. The van der Waals surface area contributed by atoms with E-state index in [-0.39, 0.29) is 17.7 Å². The molecular formula is C15H20N2O4. The Kier molecular flexibility index (Phi) is 4.67. The maximum Gasteiger partial charge on any atom is 0.251 e. The summed E-state index contributed by atoms with van der Waals surface area (Å²) in [5.41, 5.74) is 0.505. The fraction of sp³-hybridized carbons (Fsp3) is 0.467. The highest BCUT2D eigenvalue weighted by Crippen LogP contribution is 2.27. The van der Waals surface area contributed by atoms with Gasteiger partial charge in [0, 0.05) is 38.0 Å². The Labute approximate surface area is 124 Å². The Morgan fingerprint density at radius 2 is 2.05 bits per heavy atom. The average Bonchev–Trinajstić information content (AvgIpc) is 2.82. The Bertz CT molecular complexity index is 544. The van der Waals surface area contributed by atoms with E-state index in [1.807, 2.05) is 0 Å². The Hall–Kier alpha value is -2.24. The number of nitrogens with zero attached hydrogens (tertiary/aromatic N) is 1. The first-order chi connectivity index (χ1) is 10.0. The monoisotopic (exact) mass is 292 g/mol. The molecular weight excluding hydrogens is 272 g/mol. The Morgan fingerprint density at radius 1 is 1.33 bits per heavy atom. The number of hydrogen-bond acceptors (Lipinski definition) is 4. The molecule has 0 radical (unpaired) electrons. The van der Waals surface area contributed by atoms with Crippen molar-refractivity contribution in [2.75, 3.05) is 34.4 Å². The molecule has 1 heterocycles. The standard InChI is InChI=1S/C15H20N2O4/c1-17-9-10(6-14(17)18)8-16-15(19)11-4-5-12(20-2)13(7-11)21-3/h4-5,7,10H,6,8-9H2,1-3H3,(H,16,19). The van der Waals surface area contributed by atoms with E-state index in [1.165, 1.54) is 7.11 Å². The highest BCUT2D eigenvalue weighted by atomic mass is 16.5. The van der Waals surface area contributed by atoms with Crippen LogP contribution in [0.15, 0.2) is 18.2 Å². The fourth-order valence-corrected chi connectivity index (χ4v) is 2.41. The number of amides is 2. The maximum atomic E-state index is 12.1. The second-order valence-electron chi connectivity index (χ2n) is 5.12. The van der Waals surface area contributed by atoms with Crippen LogP contribution in [-0.2, 0) is 4.79 Å². The molecule has 114 valence electrons. The summed E-state index contributed by atoms with van der Waals surface area (Å²) in [5, 5.41) is 2.86. The van der Waals surface area contributed by atoms with E-state index in [0.717, 1.165) is 0 Å². The van der Waals surface area contributed by atoms with Gasteiger partial charge in [0.25, 0.3) is 5.91 Å². The molecule has 1 atom stereocenters. The van der Waals surface area contributed by atoms with Gasteiger partial charge >= 0.3 is 0 Å². The van der Waals surface area contributed by atoms with Gasteiger partial charge in [-0.15, -0.1) is 0 Å². The van der Waals surface area contributed by atoms with Crippen LogP contribution in [0.1, 0.15) is 16.8 Å². The fourth-order valence-electron chi connectivity index (χ4n) is 2.41. The van der Waals surface area contributed by atoms with Crippen LogP contribution in [0.25, 0.3) is 0 Å². The predicted octanol–water partition coefficient (Wildman–Crippen LogP) is 0.912. The zero-order valence-corrected chi connectivity index (χ0v) is 12.5. The lowest BCUT2D eigenvalue weighted by Crippen LogP contribution is -2.30. The maximum absolute atomic E-state index is 12.1. The van der Waals surface area contributed by atoms with Crippen molar-refractivity contribution in [3.63, 3.8) is 0 Å². The van der Waals surface area contributed by atoms with E-state index in [9.17, 15) is 9.59 Å². The summed E-state index contributed by atoms with van der Waals surface area (Å²) in [6, 6.07) is 5.02. The van der Waals surface area contributed by atoms with Crippen molar-refractivity contribution < 1.29 is 19.1 Å². The Morgan fingerprint density at radius 3 is 2.62 bits per heavy atom. The molecule has 1 aromatic carbocycles. The highest BCUT2D eigenvalue weighted by molar-refractivity contribution is 5.95. The van der Waals surface area contributed by atoms with Crippen LogP contribution in [0.2, 0.25) is 0 Å². The van der Waals surface area contributed by atoms with Gasteiger partial charge in [-0.2, -0.15) is 0 Å². The van der Waals surface area contributed by atoms with E-state index in [4.69, 9.17) is 9.47 Å². The van der Waals surface area contributed by atoms with Crippen LogP contribution in [0.5, 0.6) is 11.5 Å². The molecule has 6 heteroatoms. The van der Waals surface area contributed by atoms with Crippen LogP contribution >= 0.6 is 0 Å². The van der Waals surface area contributed by atoms with Gasteiger partial charge in [0.1, 0.15) is 0 Å². The van der Waals surface area contributed by atoms with E-state index < -0.39 is 0 Å². The minimum Gasteiger partial charge on any atom is -0.493 e. The van der Waals surface area contributed by atoms with E-state index in [1.54, 1.807) is 37.3 Å². The largest absolute Gasteiger partial charge is 0.493 e. The average molecular weight is 292 g/mol. The van der Waals surface area contributed by atoms with Crippen molar-refractivity contribution in [3.05, 3.63) is 23.8 Å². The number of hydrogen-bond donors (Lipinski definition) is 1. The van der Waals surface area contributed by atoms with Crippen LogP contribution in [0.3, 0.4) is 0 Å². The zero-order chi connectivity index (χ0) is 15.4. The summed E-state index contributed by atoms with van der Waals surface area (Å²) < 4.78 is 10.3. The Balaban J connectivity index is 1.96. The normalized spacial score (nSPS) is 17.8.